The van der Waals surface area contributed by atoms with Crippen LogP contribution >= 0.6 is 0 Å². The lowest BCUT2D eigenvalue weighted by atomic mass is 9.87. The molecule has 1 fully saturated rings. The van der Waals surface area contributed by atoms with Crippen molar-refractivity contribution in [2.24, 2.45) is 11.0 Å². The molecule has 0 unspecified atom stereocenters. The Labute approximate surface area is 132 Å². The highest BCUT2D eigenvalue weighted by Crippen LogP contribution is 2.35. The largest absolute Gasteiger partial charge is 0.416 e. The summed E-state index contributed by atoms with van der Waals surface area (Å²) < 4.78 is 62.7. The molecule has 0 amide bonds. The minimum absolute atomic E-state index is 0.157. The summed E-state index contributed by atoms with van der Waals surface area (Å²) in [6, 6.07) is 4.59. The molecule has 1 aromatic carbocycles. The molecule has 1 aromatic rings. The Morgan fingerprint density at radius 3 is 2.48 bits per heavy atom. The zero-order valence-electron chi connectivity index (χ0n) is 12.3. The van der Waals surface area contributed by atoms with Crippen molar-refractivity contribution in [1.29, 1.82) is 0 Å². The fourth-order valence-electron chi connectivity index (χ4n) is 3.01. The Balaban J connectivity index is 1.82. The normalized spacial score (nSPS) is 25.7. The van der Waals surface area contributed by atoms with E-state index < -0.39 is 21.8 Å². The molecule has 3 rings (SSSR count). The van der Waals surface area contributed by atoms with E-state index in [9.17, 15) is 21.6 Å². The van der Waals surface area contributed by atoms with Crippen LogP contribution < -0.4 is 5.43 Å². The van der Waals surface area contributed by atoms with Crippen LogP contribution in [0.5, 0.6) is 0 Å². The highest BCUT2D eigenvalue weighted by molar-refractivity contribution is 7.88. The van der Waals surface area contributed by atoms with Gasteiger partial charge in [-0.25, -0.2) is 12.7 Å². The average Bonchev–Trinajstić information content (AvgIpc) is 2.88. The number of alkyl halides is 3. The highest BCUT2D eigenvalue weighted by Gasteiger charge is 2.39. The van der Waals surface area contributed by atoms with Gasteiger partial charge < -0.3 is 5.43 Å². The van der Waals surface area contributed by atoms with E-state index in [1.807, 2.05) is 0 Å². The van der Waals surface area contributed by atoms with Gasteiger partial charge in [0.1, 0.15) is 0 Å². The zero-order valence-corrected chi connectivity index (χ0v) is 13.2. The van der Waals surface area contributed by atoms with Crippen LogP contribution in [0.4, 0.5) is 13.2 Å². The van der Waals surface area contributed by atoms with Gasteiger partial charge in [0.25, 0.3) is 0 Å². The number of benzene rings is 1. The third kappa shape index (κ3) is 3.20. The van der Waals surface area contributed by atoms with Crippen LogP contribution in [0.2, 0.25) is 0 Å². The smallest absolute Gasteiger partial charge is 0.302 e. The first-order valence-electron chi connectivity index (χ1n) is 7.10. The first-order valence-corrected chi connectivity index (χ1v) is 8.95. The molecule has 1 saturated heterocycles. The van der Waals surface area contributed by atoms with Gasteiger partial charge in [0.05, 0.1) is 17.9 Å². The molecule has 0 aliphatic carbocycles. The Morgan fingerprint density at radius 2 is 1.91 bits per heavy atom. The van der Waals surface area contributed by atoms with Gasteiger partial charge in [-0.05, 0) is 17.7 Å². The van der Waals surface area contributed by atoms with E-state index in [1.165, 1.54) is 16.4 Å². The lowest BCUT2D eigenvalue weighted by Crippen LogP contribution is -2.44. The monoisotopic (exact) mass is 347 g/mol. The maximum atomic E-state index is 12.6. The van der Waals surface area contributed by atoms with E-state index in [2.05, 4.69) is 10.5 Å². The molecule has 5 nitrogen and oxygen atoms in total. The van der Waals surface area contributed by atoms with Gasteiger partial charge >= 0.3 is 6.18 Å². The molecule has 23 heavy (non-hydrogen) atoms. The summed E-state index contributed by atoms with van der Waals surface area (Å²) in [4.78, 5) is 0. The molecule has 9 heteroatoms. The molecule has 2 atom stereocenters. The summed E-state index contributed by atoms with van der Waals surface area (Å²) in [7, 11) is -3.29. The number of fused-ring (bicyclic) bond motifs is 1. The second-order valence-electron chi connectivity index (χ2n) is 5.81. The predicted octanol–water partition coefficient (Wildman–Crippen LogP) is 1.99. The summed E-state index contributed by atoms with van der Waals surface area (Å²) in [5.41, 5.74) is 3.76. The number of piperidine rings is 1. The number of hydrazone groups is 1. The Bertz CT molecular complexity index is 729. The highest BCUT2D eigenvalue weighted by atomic mass is 32.2. The van der Waals surface area contributed by atoms with Crippen LogP contribution in [-0.4, -0.2) is 37.8 Å². The molecule has 0 radical (unpaired) electrons. The van der Waals surface area contributed by atoms with Crippen LogP contribution in [-0.2, 0) is 16.2 Å². The fraction of sp³-hybridized carbons (Fsp3) is 0.500. The number of hydrogen-bond donors (Lipinski definition) is 1. The van der Waals surface area contributed by atoms with Gasteiger partial charge in [0.15, 0.2) is 0 Å². The van der Waals surface area contributed by atoms with Crippen molar-refractivity contribution in [3.8, 4) is 0 Å². The van der Waals surface area contributed by atoms with E-state index in [-0.39, 0.29) is 18.5 Å². The number of rotatable bonds is 2. The maximum Gasteiger partial charge on any atom is 0.416 e. The zero-order chi connectivity index (χ0) is 16.8. The minimum Gasteiger partial charge on any atom is -0.302 e. The maximum absolute atomic E-state index is 12.6. The van der Waals surface area contributed by atoms with Gasteiger partial charge in [-0.15, -0.1) is 0 Å². The van der Waals surface area contributed by atoms with E-state index in [0.29, 0.717) is 18.5 Å². The fourth-order valence-corrected chi connectivity index (χ4v) is 3.86. The van der Waals surface area contributed by atoms with E-state index >= 15 is 0 Å². The number of halogens is 3. The first kappa shape index (κ1) is 16.3. The SMILES string of the molecule is CS(=O)(=O)N1CCC2=NN[C@H](c3ccc(C(F)(F)F)cc3)[C@@H]2C1. The van der Waals surface area contributed by atoms with Gasteiger partial charge in [-0.1, -0.05) is 12.1 Å². The van der Waals surface area contributed by atoms with Gasteiger partial charge in [0.2, 0.25) is 10.0 Å². The molecule has 126 valence electrons. The second kappa shape index (κ2) is 5.48. The van der Waals surface area contributed by atoms with E-state index in [4.69, 9.17) is 0 Å². The lowest BCUT2D eigenvalue weighted by molar-refractivity contribution is -0.137. The van der Waals surface area contributed by atoms with Crippen LogP contribution in [0.3, 0.4) is 0 Å². The van der Waals surface area contributed by atoms with Crippen molar-refractivity contribution in [2.75, 3.05) is 19.3 Å². The predicted molar refractivity (Wildman–Crippen MR) is 79.3 cm³/mol. The van der Waals surface area contributed by atoms with Crippen LogP contribution in [0, 0.1) is 5.92 Å². The van der Waals surface area contributed by atoms with Crippen molar-refractivity contribution in [1.82, 2.24) is 9.73 Å². The lowest BCUT2D eigenvalue weighted by Gasteiger charge is -2.32. The summed E-state index contributed by atoms with van der Waals surface area (Å²) in [6.07, 6.45) is -2.69. The first-order chi connectivity index (χ1) is 10.7. The molecule has 0 saturated carbocycles. The molecule has 1 N–H and O–H groups in total. The molecule has 0 aromatic heterocycles. The molecule has 0 bridgehead atoms. The molecule has 0 spiro atoms. The molecule has 2 aliphatic heterocycles. The second-order valence-corrected chi connectivity index (χ2v) is 7.79. The minimum atomic E-state index is -4.37. The molecular weight excluding hydrogens is 331 g/mol. The molecule has 2 aliphatic rings. The Hall–Kier alpha value is -1.61. The summed E-state index contributed by atoms with van der Waals surface area (Å²) in [5, 5.41) is 4.23. The van der Waals surface area contributed by atoms with Crippen molar-refractivity contribution < 1.29 is 21.6 Å². The van der Waals surface area contributed by atoms with E-state index in [1.54, 1.807) is 0 Å². The Kier molecular flexibility index (Phi) is 3.88. The standard InChI is InChI=1S/C14H16F3N3O2S/c1-23(21,22)20-7-6-12-11(8-20)13(19-18-12)9-2-4-10(5-3-9)14(15,16)17/h2-5,11,13,19H,6-8H2,1H3/t11-,13-/m1/s1. The third-order valence-electron chi connectivity index (χ3n) is 4.26. The number of nitrogens with one attached hydrogen (secondary N) is 1. The Morgan fingerprint density at radius 1 is 1.26 bits per heavy atom. The summed E-state index contributed by atoms with van der Waals surface area (Å²) >= 11 is 0. The van der Waals surface area contributed by atoms with E-state index in [0.717, 1.165) is 24.1 Å². The third-order valence-corrected chi connectivity index (χ3v) is 5.53. The topological polar surface area (TPSA) is 61.8 Å². The molecule has 2 heterocycles. The summed E-state index contributed by atoms with van der Waals surface area (Å²) in [5.74, 6) is -0.157. The van der Waals surface area contributed by atoms with Crippen molar-refractivity contribution in [2.45, 2.75) is 18.6 Å². The van der Waals surface area contributed by atoms with Crippen molar-refractivity contribution in [3.63, 3.8) is 0 Å². The summed E-state index contributed by atoms with van der Waals surface area (Å²) in [6.45, 7) is 0.673. The van der Waals surface area contributed by atoms with Gasteiger partial charge in [-0.2, -0.15) is 18.3 Å². The van der Waals surface area contributed by atoms with Crippen LogP contribution in [0.15, 0.2) is 29.4 Å². The van der Waals surface area contributed by atoms with Gasteiger partial charge in [-0.3, -0.25) is 0 Å². The van der Waals surface area contributed by atoms with Crippen molar-refractivity contribution >= 4 is 15.7 Å². The molecular formula is C14H16F3N3O2S. The number of sulfonamides is 1. The average molecular weight is 347 g/mol. The van der Waals surface area contributed by atoms with Crippen LogP contribution in [0.25, 0.3) is 0 Å². The van der Waals surface area contributed by atoms with Gasteiger partial charge in [0, 0.05) is 31.1 Å². The van der Waals surface area contributed by atoms with Crippen molar-refractivity contribution in [3.05, 3.63) is 35.4 Å². The quantitative estimate of drug-likeness (QED) is 0.890. The number of hydrogen-bond acceptors (Lipinski definition) is 4. The van der Waals surface area contributed by atoms with Crippen LogP contribution in [0.1, 0.15) is 23.6 Å². The number of nitrogens with zero attached hydrogens (tertiary/aromatic N) is 2.